The Balaban J connectivity index is 1.70. The van der Waals surface area contributed by atoms with Gasteiger partial charge in [-0.05, 0) is 24.3 Å². The van der Waals surface area contributed by atoms with Gasteiger partial charge >= 0.3 is 0 Å². The van der Waals surface area contributed by atoms with E-state index in [-0.39, 0.29) is 48.3 Å². The number of amides is 1. The van der Waals surface area contributed by atoms with Crippen molar-refractivity contribution in [3.05, 3.63) is 48.3 Å². The molecule has 26 heavy (non-hydrogen) atoms. The zero-order chi connectivity index (χ0) is 18.7. The highest BCUT2D eigenvalue weighted by atomic mass is 32.2. The summed E-state index contributed by atoms with van der Waals surface area (Å²) in [4.78, 5) is 18.1. The zero-order valence-electron chi connectivity index (χ0n) is 14.2. The minimum Gasteiger partial charge on any atom is -0.507 e. The van der Waals surface area contributed by atoms with E-state index in [1.807, 2.05) is 0 Å². The number of aromatic nitrogens is 1. The number of methoxy groups -OCH3 is 1. The predicted octanol–water partition coefficient (Wildman–Crippen LogP) is 0.942. The second kappa shape index (κ2) is 7.30. The number of ether oxygens (including phenoxy) is 1. The van der Waals surface area contributed by atoms with Crippen LogP contribution in [0.3, 0.4) is 0 Å². The van der Waals surface area contributed by atoms with Crippen LogP contribution in [-0.4, -0.2) is 66.9 Å². The minimum absolute atomic E-state index is 0.132. The highest BCUT2D eigenvalue weighted by molar-refractivity contribution is 7.89. The quantitative estimate of drug-likeness (QED) is 0.851. The third kappa shape index (κ3) is 3.49. The Morgan fingerprint density at radius 1 is 1.19 bits per heavy atom. The molecule has 0 spiro atoms. The van der Waals surface area contributed by atoms with Crippen molar-refractivity contribution in [3.8, 4) is 11.5 Å². The lowest BCUT2D eigenvalue weighted by Gasteiger charge is -2.34. The van der Waals surface area contributed by atoms with E-state index in [2.05, 4.69) is 4.98 Å². The van der Waals surface area contributed by atoms with E-state index in [1.165, 1.54) is 46.9 Å². The number of aromatic hydroxyl groups is 1. The first-order chi connectivity index (χ1) is 12.4. The molecular formula is C17H19N3O5S. The molecule has 138 valence electrons. The Bertz CT molecular complexity index is 894. The average molecular weight is 377 g/mol. The van der Waals surface area contributed by atoms with Crippen molar-refractivity contribution in [1.29, 1.82) is 0 Å². The SMILES string of the molecule is COc1ccc(C(=O)N2CCN(S(=O)(=O)c3cccnc3)CC2)c(O)c1. The number of phenolic OH excluding ortho intramolecular Hbond substituents is 1. The summed E-state index contributed by atoms with van der Waals surface area (Å²) in [6.45, 7) is 0.841. The predicted molar refractivity (Wildman–Crippen MR) is 93.6 cm³/mol. The standard InChI is InChI=1S/C17H19N3O5S/c1-25-13-4-5-15(16(21)11-13)17(22)19-7-9-20(10-8-19)26(23,24)14-3-2-6-18-12-14/h2-6,11-12,21H,7-10H2,1H3. The van der Waals surface area contributed by atoms with E-state index in [4.69, 9.17) is 4.74 Å². The van der Waals surface area contributed by atoms with Crippen LogP contribution in [0.4, 0.5) is 0 Å². The van der Waals surface area contributed by atoms with Crippen molar-refractivity contribution in [1.82, 2.24) is 14.2 Å². The lowest BCUT2D eigenvalue weighted by molar-refractivity contribution is 0.0695. The van der Waals surface area contributed by atoms with Crippen molar-refractivity contribution in [2.75, 3.05) is 33.3 Å². The first kappa shape index (κ1) is 18.2. The largest absolute Gasteiger partial charge is 0.507 e. The second-order valence-corrected chi connectivity index (χ2v) is 7.71. The van der Waals surface area contributed by atoms with Crippen LogP contribution in [0, 0.1) is 0 Å². The number of rotatable bonds is 4. The van der Waals surface area contributed by atoms with Gasteiger partial charge in [-0.2, -0.15) is 4.31 Å². The molecule has 0 saturated carbocycles. The normalized spacial score (nSPS) is 15.7. The van der Waals surface area contributed by atoms with E-state index < -0.39 is 10.0 Å². The van der Waals surface area contributed by atoms with Crippen LogP contribution in [0.2, 0.25) is 0 Å². The Labute approximate surface area is 151 Å². The Hall–Kier alpha value is -2.65. The molecule has 2 aromatic rings. The summed E-state index contributed by atoms with van der Waals surface area (Å²) in [6, 6.07) is 7.52. The molecule has 1 aliphatic rings. The van der Waals surface area contributed by atoms with Gasteiger partial charge in [-0.15, -0.1) is 0 Å². The lowest BCUT2D eigenvalue weighted by Crippen LogP contribution is -2.50. The van der Waals surface area contributed by atoms with Gasteiger partial charge in [0.15, 0.2) is 0 Å². The molecule has 0 bridgehead atoms. The van der Waals surface area contributed by atoms with Crippen LogP contribution in [-0.2, 0) is 10.0 Å². The number of carbonyl (C=O) groups is 1. The topological polar surface area (TPSA) is 100 Å². The molecule has 1 N–H and O–H groups in total. The molecule has 1 fully saturated rings. The van der Waals surface area contributed by atoms with E-state index in [0.29, 0.717) is 5.75 Å². The highest BCUT2D eigenvalue weighted by Crippen LogP contribution is 2.25. The van der Waals surface area contributed by atoms with Gasteiger partial charge in [0.05, 0.1) is 12.7 Å². The fourth-order valence-electron chi connectivity index (χ4n) is 2.77. The number of hydrogen-bond donors (Lipinski definition) is 1. The average Bonchev–Trinajstić information content (AvgIpc) is 2.68. The first-order valence-corrected chi connectivity index (χ1v) is 9.44. The molecule has 2 heterocycles. The van der Waals surface area contributed by atoms with Crippen molar-refractivity contribution >= 4 is 15.9 Å². The molecule has 1 saturated heterocycles. The summed E-state index contributed by atoms with van der Waals surface area (Å²) in [7, 11) is -2.16. The summed E-state index contributed by atoms with van der Waals surface area (Å²) >= 11 is 0. The summed E-state index contributed by atoms with van der Waals surface area (Å²) in [5.41, 5.74) is 0.161. The van der Waals surface area contributed by atoms with Crippen LogP contribution in [0.1, 0.15) is 10.4 Å². The number of benzene rings is 1. The number of nitrogens with zero attached hydrogens (tertiary/aromatic N) is 3. The van der Waals surface area contributed by atoms with E-state index in [0.717, 1.165) is 0 Å². The number of phenols is 1. The number of hydrogen-bond acceptors (Lipinski definition) is 6. The molecule has 9 heteroatoms. The lowest BCUT2D eigenvalue weighted by atomic mass is 10.1. The van der Waals surface area contributed by atoms with Crippen molar-refractivity contribution in [3.63, 3.8) is 0 Å². The Morgan fingerprint density at radius 3 is 2.50 bits per heavy atom. The molecule has 0 radical (unpaired) electrons. The fraction of sp³-hybridized carbons (Fsp3) is 0.294. The molecule has 1 amide bonds. The number of sulfonamides is 1. The zero-order valence-corrected chi connectivity index (χ0v) is 15.0. The van der Waals surface area contributed by atoms with Gasteiger partial charge in [0.1, 0.15) is 16.4 Å². The molecule has 1 aromatic heterocycles. The third-order valence-electron chi connectivity index (χ3n) is 4.23. The van der Waals surface area contributed by atoms with Crippen molar-refractivity contribution in [2.24, 2.45) is 0 Å². The summed E-state index contributed by atoms with van der Waals surface area (Å²) in [5.74, 6) is -0.0604. The Kier molecular flexibility index (Phi) is 5.10. The maximum absolute atomic E-state index is 12.6. The molecular weight excluding hydrogens is 358 g/mol. The molecule has 0 aliphatic carbocycles. The monoisotopic (exact) mass is 377 g/mol. The molecule has 8 nitrogen and oxygen atoms in total. The van der Waals surface area contributed by atoms with Crippen LogP contribution in [0.5, 0.6) is 11.5 Å². The van der Waals surface area contributed by atoms with Gasteiger partial charge in [0.2, 0.25) is 10.0 Å². The van der Waals surface area contributed by atoms with Crippen LogP contribution in [0.25, 0.3) is 0 Å². The van der Waals surface area contributed by atoms with Crippen molar-refractivity contribution < 1.29 is 23.1 Å². The smallest absolute Gasteiger partial charge is 0.257 e. The highest BCUT2D eigenvalue weighted by Gasteiger charge is 2.31. The second-order valence-electron chi connectivity index (χ2n) is 5.77. The van der Waals surface area contributed by atoms with Gasteiger partial charge in [-0.25, -0.2) is 8.42 Å². The minimum atomic E-state index is -3.63. The van der Waals surface area contributed by atoms with Crippen LogP contribution >= 0.6 is 0 Å². The van der Waals surface area contributed by atoms with E-state index in [1.54, 1.807) is 12.1 Å². The maximum atomic E-state index is 12.6. The molecule has 1 aromatic carbocycles. The van der Waals surface area contributed by atoms with Gasteiger partial charge in [-0.3, -0.25) is 9.78 Å². The van der Waals surface area contributed by atoms with Gasteiger partial charge in [-0.1, -0.05) is 0 Å². The van der Waals surface area contributed by atoms with Crippen molar-refractivity contribution in [2.45, 2.75) is 4.90 Å². The summed E-state index contributed by atoms with van der Waals surface area (Å²) in [6.07, 6.45) is 2.82. The third-order valence-corrected chi connectivity index (χ3v) is 6.12. The summed E-state index contributed by atoms with van der Waals surface area (Å²) < 4.78 is 31.5. The molecule has 0 atom stereocenters. The molecule has 1 aliphatic heterocycles. The molecule has 0 unspecified atom stereocenters. The van der Waals surface area contributed by atoms with E-state index >= 15 is 0 Å². The number of carbonyl (C=O) groups excluding carboxylic acids is 1. The van der Waals surface area contributed by atoms with Crippen LogP contribution < -0.4 is 4.74 Å². The summed E-state index contributed by atoms with van der Waals surface area (Å²) in [5, 5.41) is 10.0. The van der Waals surface area contributed by atoms with Gasteiger partial charge < -0.3 is 14.7 Å². The maximum Gasteiger partial charge on any atom is 0.257 e. The van der Waals surface area contributed by atoms with E-state index in [9.17, 15) is 18.3 Å². The molecule has 3 rings (SSSR count). The van der Waals surface area contributed by atoms with Gasteiger partial charge in [0.25, 0.3) is 5.91 Å². The fourth-order valence-corrected chi connectivity index (χ4v) is 4.16. The first-order valence-electron chi connectivity index (χ1n) is 8.00. The number of pyridine rings is 1. The van der Waals surface area contributed by atoms with Crippen LogP contribution in [0.15, 0.2) is 47.6 Å². The number of piperazine rings is 1. The van der Waals surface area contributed by atoms with Gasteiger partial charge in [0, 0.05) is 44.6 Å². The Morgan fingerprint density at radius 2 is 1.92 bits per heavy atom.